The molecule has 2 heteroatoms. The van der Waals surface area contributed by atoms with Gasteiger partial charge in [0, 0.05) is 12.6 Å². The molecule has 0 fully saturated rings. The Bertz CT molecular complexity index is 420. The summed E-state index contributed by atoms with van der Waals surface area (Å²) in [5.41, 5.74) is 0. The molecule has 0 spiro atoms. The van der Waals surface area contributed by atoms with Crippen LogP contribution < -0.4 is 5.32 Å². The van der Waals surface area contributed by atoms with Crippen LogP contribution in [0.1, 0.15) is 111 Å². The second-order valence-electron chi connectivity index (χ2n) is 8.30. The number of hydrogen-bond acceptors (Lipinski definition) is 1. The molecule has 0 rings (SSSR count). The van der Waals surface area contributed by atoms with Gasteiger partial charge in [0.2, 0.25) is 5.91 Å². The zero-order valence-electron chi connectivity index (χ0n) is 19.1. The largest absolute Gasteiger partial charge is 0.352 e. The van der Waals surface area contributed by atoms with E-state index >= 15 is 0 Å². The first kappa shape index (κ1) is 26.7. The third-order valence-corrected chi connectivity index (χ3v) is 4.81. The van der Waals surface area contributed by atoms with Gasteiger partial charge in [0.15, 0.2) is 0 Å². The molecule has 1 amide bonds. The van der Waals surface area contributed by atoms with Crippen molar-refractivity contribution in [3.05, 3.63) is 36.5 Å². The van der Waals surface area contributed by atoms with Gasteiger partial charge in [-0.05, 0) is 44.4 Å². The van der Waals surface area contributed by atoms with E-state index < -0.39 is 0 Å². The van der Waals surface area contributed by atoms with Gasteiger partial charge in [-0.3, -0.25) is 4.79 Å². The van der Waals surface area contributed by atoms with Crippen molar-refractivity contribution in [3.63, 3.8) is 0 Å². The highest BCUT2D eigenvalue weighted by Gasteiger charge is 1.95. The quantitative estimate of drug-likeness (QED) is 0.103. The predicted molar refractivity (Wildman–Crippen MR) is 126 cm³/mol. The fourth-order valence-corrected chi connectivity index (χ4v) is 3.01. The summed E-state index contributed by atoms with van der Waals surface area (Å²) in [4.78, 5) is 11.5. The van der Waals surface area contributed by atoms with Crippen LogP contribution in [-0.2, 0) is 4.79 Å². The first-order chi connectivity index (χ1) is 13.7. The normalized spacial score (nSPS) is 12.1. The molecule has 0 aromatic carbocycles. The van der Waals surface area contributed by atoms with Crippen LogP contribution in [0.2, 0.25) is 0 Å². The van der Waals surface area contributed by atoms with Crippen LogP contribution in [0.4, 0.5) is 0 Å². The minimum absolute atomic E-state index is 0.00420. The van der Waals surface area contributed by atoms with Gasteiger partial charge in [-0.15, -0.1) is 0 Å². The predicted octanol–water partition coefficient (Wildman–Crippen LogP) is 7.91. The molecule has 0 heterocycles. The van der Waals surface area contributed by atoms with E-state index in [2.05, 4.69) is 44.3 Å². The van der Waals surface area contributed by atoms with Gasteiger partial charge in [-0.25, -0.2) is 0 Å². The Kier molecular flexibility index (Phi) is 21.0. The fourth-order valence-electron chi connectivity index (χ4n) is 3.01. The minimum Gasteiger partial charge on any atom is -0.352 e. The van der Waals surface area contributed by atoms with Gasteiger partial charge in [-0.1, -0.05) is 103 Å². The maximum absolute atomic E-state index is 11.5. The number of rotatable bonds is 19. The maximum atomic E-state index is 11.5. The smallest absolute Gasteiger partial charge is 0.243 e. The molecule has 0 atom stereocenters. The van der Waals surface area contributed by atoms with Gasteiger partial charge < -0.3 is 5.32 Å². The van der Waals surface area contributed by atoms with Crippen molar-refractivity contribution >= 4 is 5.91 Å². The third kappa shape index (κ3) is 22.7. The summed E-state index contributed by atoms with van der Waals surface area (Å²) in [6, 6.07) is 0. The Labute approximate surface area is 176 Å². The molecule has 0 unspecified atom stereocenters. The highest BCUT2D eigenvalue weighted by Crippen LogP contribution is 2.11. The summed E-state index contributed by atoms with van der Waals surface area (Å²) in [5.74, 6) is 0.488. The molecule has 0 aromatic heterocycles. The standard InChI is InChI=1S/C26H47NO/c1-4-5-6-7-8-9-10-11-12-13-14-15-16-17-18-19-20-21-22-23-26(28)27-24-25(2)3/h14-15,20-23,25H,4-13,16-19,24H2,1-3H3,(H,27,28). The summed E-state index contributed by atoms with van der Waals surface area (Å²) < 4.78 is 0. The van der Waals surface area contributed by atoms with Crippen LogP contribution in [0.3, 0.4) is 0 Å². The second-order valence-corrected chi connectivity index (χ2v) is 8.30. The van der Waals surface area contributed by atoms with Crippen molar-refractivity contribution < 1.29 is 4.79 Å². The number of carbonyl (C=O) groups is 1. The molecule has 0 aliphatic rings. The maximum Gasteiger partial charge on any atom is 0.243 e. The summed E-state index contributed by atoms with van der Waals surface area (Å²) in [6.45, 7) is 7.20. The van der Waals surface area contributed by atoms with Crippen molar-refractivity contribution in [2.24, 2.45) is 5.92 Å². The molecule has 0 aliphatic carbocycles. The van der Waals surface area contributed by atoms with Crippen LogP contribution >= 0.6 is 0 Å². The number of allylic oxidation sites excluding steroid dienone is 5. The lowest BCUT2D eigenvalue weighted by Crippen LogP contribution is -2.25. The summed E-state index contributed by atoms with van der Waals surface area (Å²) in [6.07, 6.45) is 30.9. The number of unbranched alkanes of at least 4 members (excludes halogenated alkanes) is 12. The van der Waals surface area contributed by atoms with Crippen molar-refractivity contribution in [2.75, 3.05) is 6.54 Å². The van der Waals surface area contributed by atoms with Gasteiger partial charge >= 0.3 is 0 Å². The molecule has 0 aromatic rings. The Morgan fingerprint density at radius 2 is 1.21 bits per heavy atom. The lowest BCUT2D eigenvalue weighted by atomic mass is 10.1. The van der Waals surface area contributed by atoms with E-state index in [-0.39, 0.29) is 5.91 Å². The lowest BCUT2D eigenvalue weighted by Gasteiger charge is -2.03. The van der Waals surface area contributed by atoms with Crippen LogP contribution in [-0.4, -0.2) is 12.5 Å². The van der Waals surface area contributed by atoms with E-state index in [1.165, 1.54) is 83.5 Å². The van der Waals surface area contributed by atoms with E-state index in [0.29, 0.717) is 5.92 Å². The van der Waals surface area contributed by atoms with Crippen molar-refractivity contribution in [3.8, 4) is 0 Å². The lowest BCUT2D eigenvalue weighted by molar-refractivity contribution is -0.116. The average molecular weight is 390 g/mol. The highest BCUT2D eigenvalue weighted by molar-refractivity contribution is 5.87. The summed E-state index contributed by atoms with van der Waals surface area (Å²) in [7, 11) is 0. The Hall–Kier alpha value is -1.31. The second kappa shape index (κ2) is 22.0. The first-order valence-corrected chi connectivity index (χ1v) is 11.9. The average Bonchev–Trinajstić information content (AvgIpc) is 2.68. The van der Waals surface area contributed by atoms with Crippen LogP contribution in [0.15, 0.2) is 36.5 Å². The topological polar surface area (TPSA) is 29.1 Å². The van der Waals surface area contributed by atoms with Crippen molar-refractivity contribution in [1.82, 2.24) is 5.32 Å². The molecule has 0 radical (unpaired) electrons. The minimum atomic E-state index is -0.00420. The number of hydrogen-bond donors (Lipinski definition) is 1. The van der Waals surface area contributed by atoms with Crippen molar-refractivity contribution in [2.45, 2.75) is 111 Å². The van der Waals surface area contributed by atoms with E-state index in [1.807, 2.05) is 12.2 Å². The molecular formula is C26H47NO. The molecule has 0 saturated heterocycles. The summed E-state index contributed by atoms with van der Waals surface area (Å²) in [5, 5.41) is 2.87. The van der Waals surface area contributed by atoms with Gasteiger partial charge in [0.1, 0.15) is 0 Å². The zero-order chi connectivity index (χ0) is 20.7. The Balaban J connectivity index is 3.34. The summed E-state index contributed by atoms with van der Waals surface area (Å²) >= 11 is 0. The first-order valence-electron chi connectivity index (χ1n) is 11.9. The Morgan fingerprint density at radius 3 is 1.79 bits per heavy atom. The molecule has 1 N–H and O–H groups in total. The number of carbonyl (C=O) groups excluding carboxylic acids is 1. The van der Waals surface area contributed by atoms with Crippen LogP contribution in [0, 0.1) is 5.92 Å². The Morgan fingerprint density at radius 1 is 0.714 bits per heavy atom. The van der Waals surface area contributed by atoms with Crippen molar-refractivity contribution in [1.29, 1.82) is 0 Å². The van der Waals surface area contributed by atoms with Gasteiger partial charge in [0.25, 0.3) is 0 Å². The third-order valence-electron chi connectivity index (χ3n) is 4.81. The SMILES string of the molecule is CCCCCCCCCCCC=CCCCCC=CC=CC(=O)NCC(C)C. The van der Waals surface area contributed by atoms with Gasteiger partial charge in [0.05, 0.1) is 0 Å². The number of nitrogens with one attached hydrogen (secondary N) is 1. The van der Waals surface area contributed by atoms with E-state index in [1.54, 1.807) is 6.08 Å². The molecular weight excluding hydrogens is 342 g/mol. The molecule has 0 bridgehead atoms. The monoisotopic (exact) mass is 389 g/mol. The highest BCUT2D eigenvalue weighted by atomic mass is 16.1. The van der Waals surface area contributed by atoms with E-state index in [4.69, 9.17) is 0 Å². The molecule has 0 saturated carbocycles. The van der Waals surface area contributed by atoms with E-state index in [0.717, 1.165) is 13.0 Å². The van der Waals surface area contributed by atoms with Crippen LogP contribution in [0.5, 0.6) is 0 Å². The fraction of sp³-hybridized carbons (Fsp3) is 0.731. The molecule has 2 nitrogen and oxygen atoms in total. The zero-order valence-corrected chi connectivity index (χ0v) is 19.1. The van der Waals surface area contributed by atoms with Gasteiger partial charge in [-0.2, -0.15) is 0 Å². The molecule has 0 aliphatic heterocycles. The van der Waals surface area contributed by atoms with E-state index in [9.17, 15) is 4.79 Å². The van der Waals surface area contributed by atoms with Crippen LogP contribution in [0.25, 0.3) is 0 Å². The molecule has 162 valence electrons. The number of amides is 1. The molecule has 28 heavy (non-hydrogen) atoms.